The second kappa shape index (κ2) is 7.58. The van der Waals surface area contributed by atoms with Crippen molar-refractivity contribution in [2.75, 3.05) is 0 Å². The van der Waals surface area contributed by atoms with Gasteiger partial charge in [0.05, 0.1) is 11.3 Å². The Morgan fingerprint density at radius 2 is 1.89 bits per heavy atom. The third kappa shape index (κ3) is 3.91. The molecule has 0 radical (unpaired) electrons. The minimum atomic E-state index is -1.68. The van der Waals surface area contributed by atoms with Crippen LogP contribution in [0, 0.1) is 24.4 Å². The highest BCUT2D eigenvalue weighted by molar-refractivity contribution is 7.17. The molecule has 140 valence electrons. The Morgan fingerprint density at radius 1 is 1.22 bits per heavy atom. The molecule has 2 aromatic carbocycles. The average Bonchev–Trinajstić information content (AvgIpc) is 3.03. The van der Waals surface area contributed by atoms with Crippen LogP contribution in [0.5, 0.6) is 5.75 Å². The molecular weight excluding hydrogens is 401 g/mol. The topological polar surface area (TPSA) is 62.2 Å². The van der Waals surface area contributed by atoms with Crippen molar-refractivity contribution in [2.24, 2.45) is 0 Å². The average molecular weight is 413 g/mol. The van der Waals surface area contributed by atoms with E-state index < -0.39 is 34.7 Å². The monoisotopic (exact) mass is 412 g/mol. The number of hydrogen-bond donors (Lipinski definition) is 2. The summed E-state index contributed by atoms with van der Waals surface area (Å²) >= 11 is 6.62. The number of aryl methyl sites for hydroxylation is 1. The molecule has 0 saturated heterocycles. The van der Waals surface area contributed by atoms with E-state index in [1.807, 2.05) is 0 Å². The Labute approximate surface area is 161 Å². The van der Waals surface area contributed by atoms with E-state index in [1.165, 1.54) is 6.92 Å². The van der Waals surface area contributed by atoms with E-state index in [1.54, 1.807) is 24.3 Å². The predicted molar refractivity (Wildman–Crippen MR) is 96.4 cm³/mol. The fraction of sp³-hybridized carbons (Fsp3) is 0.111. The third-order valence-corrected chi connectivity index (χ3v) is 5.17. The van der Waals surface area contributed by atoms with E-state index in [0.717, 1.165) is 16.9 Å². The standard InChI is InChI=1S/C18H12ClF3N2O2S/c1-8-16(17(26)23-7-9-2-4-10(19)5-3-9)27-18(24-8)11-6-12(20)14(22)15(25)13(11)21/h2-6,25H,7H2,1H3,(H,23,26). The highest BCUT2D eigenvalue weighted by Crippen LogP contribution is 2.35. The number of thiazole rings is 1. The van der Waals surface area contributed by atoms with E-state index in [-0.39, 0.29) is 16.4 Å². The molecule has 0 aliphatic rings. The van der Waals surface area contributed by atoms with Crippen LogP contribution in [0.2, 0.25) is 5.02 Å². The Kier molecular flexibility index (Phi) is 5.38. The number of nitrogens with one attached hydrogen (secondary N) is 1. The molecule has 0 unspecified atom stereocenters. The Morgan fingerprint density at radius 3 is 2.56 bits per heavy atom. The smallest absolute Gasteiger partial charge is 0.263 e. The van der Waals surface area contributed by atoms with Gasteiger partial charge in [-0.2, -0.15) is 4.39 Å². The molecule has 0 atom stereocenters. The summed E-state index contributed by atoms with van der Waals surface area (Å²) in [6.45, 7) is 1.78. The largest absolute Gasteiger partial charge is 0.503 e. The summed E-state index contributed by atoms with van der Waals surface area (Å²) < 4.78 is 40.8. The molecule has 3 aromatic rings. The highest BCUT2D eigenvalue weighted by Gasteiger charge is 2.23. The Bertz CT molecular complexity index is 1020. The van der Waals surface area contributed by atoms with E-state index in [4.69, 9.17) is 11.6 Å². The van der Waals surface area contributed by atoms with Gasteiger partial charge in [0.1, 0.15) is 9.88 Å². The molecule has 9 heteroatoms. The zero-order valence-electron chi connectivity index (χ0n) is 13.8. The lowest BCUT2D eigenvalue weighted by atomic mass is 10.2. The summed E-state index contributed by atoms with van der Waals surface area (Å²) in [7, 11) is 0. The second-order valence-electron chi connectivity index (χ2n) is 5.63. The lowest BCUT2D eigenvalue weighted by Gasteiger charge is -2.04. The SMILES string of the molecule is Cc1nc(-c2cc(F)c(F)c(O)c2F)sc1C(=O)NCc1ccc(Cl)cc1. The molecule has 3 rings (SSSR count). The van der Waals surface area contributed by atoms with Crippen LogP contribution in [0.25, 0.3) is 10.6 Å². The van der Waals surface area contributed by atoms with E-state index in [0.29, 0.717) is 16.8 Å². The van der Waals surface area contributed by atoms with Gasteiger partial charge in [-0.15, -0.1) is 11.3 Å². The maximum absolute atomic E-state index is 14.1. The van der Waals surface area contributed by atoms with E-state index in [2.05, 4.69) is 10.3 Å². The van der Waals surface area contributed by atoms with Crippen LogP contribution in [0.4, 0.5) is 13.2 Å². The molecule has 4 nitrogen and oxygen atoms in total. The van der Waals surface area contributed by atoms with Crippen molar-refractivity contribution in [3.05, 3.63) is 68.9 Å². The van der Waals surface area contributed by atoms with Crippen LogP contribution < -0.4 is 5.32 Å². The number of halogens is 4. The number of phenols is 1. The van der Waals surface area contributed by atoms with E-state index in [9.17, 15) is 23.1 Å². The molecule has 1 aromatic heterocycles. The quantitative estimate of drug-likeness (QED) is 0.604. The highest BCUT2D eigenvalue weighted by atomic mass is 35.5. The summed E-state index contributed by atoms with van der Waals surface area (Å²) in [5.74, 6) is -6.29. The van der Waals surface area contributed by atoms with Crippen molar-refractivity contribution in [1.82, 2.24) is 10.3 Å². The van der Waals surface area contributed by atoms with Crippen LogP contribution in [0.1, 0.15) is 20.9 Å². The van der Waals surface area contributed by atoms with Crippen molar-refractivity contribution in [3.8, 4) is 16.3 Å². The number of nitrogens with zero attached hydrogens (tertiary/aromatic N) is 1. The summed E-state index contributed by atoms with van der Waals surface area (Å²) in [4.78, 5) is 16.6. The third-order valence-electron chi connectivity index (χ3n) is 3.73. The van der Waals surface area contributed by atoms with Gasteiger partial charge in [-0.3, -0.25) is 4.79 Å². The molecule has 27 heavy (non-hydrogen) atoms. The zero-order valence-corrected chi connectivity index (χ0v) is 15.4. The van der Waals surface area contributed by atoms with Gasteiger partial charge in [0, 0.05) is 11.6 Å². The number of hydrogen-bond acceptors (Lipinski definition) is 4. The van der Waals surface area contributed by atoms with Crippen molar-refractivity contribution in [2.45, 2.75) is 13.5 Å². The van der Waals surface area contributed by atoms with Crippen LogP contribution in [-0.2, 0) is 6.54 Å². The number of benzene rings is 2. The summed E-state index contributed by atoms with van der Waals surface area (Å²) in [6, 6.07) is 7.49. The first kappa shape index (κ1) is 19.2. The lowest BCUT2D eigenvalue weighted by molar-refractivity contribution is 0.0954. The number of rotatable bonds is 4. The number of aromatic nitrogens is 1. The molecular formula is C18H12ClF3N2O2S. The number of phenolic OH excluding ortho intramolecular Hbond substituents is 1. The van der Waals surface area contributed by atoms with Gasteiger partial charge in [-0.05, 0) is 30.7 Å². The van der Waals surface area contributed by atoms with Gasteiger partial charge in [0.15, 0.2) is 17.4 Å². The van der Waals surface area contributed by atoms with Crippen LogP contribution in [0.3, 0.4) is 0 Å². The maximum atomic E-state index is 14.1. The van der Waals surface area contributed by atoms with E-state index >= 15 is 0 Å². The van der Waals surface area contributed by atoms with Gasteiger partial charge in [0.2, 0.25) is 5.82 Å². The number of carbonyl (C=O) groups is 1. The Balaban J connectivity index is 1.84. The van der Waals surface area contributed by atoms with Crippen LogP contribution in [-0.4, -0.2) is 16.0 Å². The minimum Gasteiger partial charge on any atom is -0.503 e. The first-order chi connectivity index (χ1) is 12.8. The number of amides is 1. The van der Waals surface area contributed by atoms with Gasteiger partial charge in [0.25, 0.3) is 5.91 Å². The number of aromatic hydroxyl groups is 1. The molecule has 0 bridgehead atoms. The summed E-state index contributed by atoms with van der Waals surface area (Å²) in [6.07, 6.45) is 0. The normalized spacial score (nSPS) is 10.9. The summed E-state index contributed by atoms with van der Waals surface area (Å²) in [5.41, 5.74) is 0.704. The van der Waals surface area contributed by atoms with Crippen molar-refractivity contribution < 1.29 is 23.1 Å². The van der Waals surface area contributed by atoms with Crippen LogP contribution in [0.15, 0.2) is 30.3 Å². The molecule has 0 aliphatic heterocycles. The van der Waals surface area contributed by atoms with Gasteiger partial charge in [-0.1, -0.05) is 23.7 Å². The Hall–Kier alpha value is -2.58. The molecule has 1 amide bonds. The predicted octanol–water partition coefficient (Wildman–Crippen LogP) is 4.82. The molecule has 0 fully saturated rings. The first-order valence-corrected chi connectivity index (χ1v) is 8.84. The lowest BCUT2D eigenvalue weighted by Crippen LogP contribution is -2.22. The van der Waals surface area contributed by atoms with Gasteiger partial charge in [-0.25, -0.2) is 13.8 Å². The van der Waals surface area contributed by atoms with Crippen molar-refractivity contribution >= 4 is 28.8 Å². The maximum Gasteiger partial charge on any atom is 0.263 e. The van der Waals surface area contributed by atoms with Gasteiger partial charge < -0.3 is 10.4 Å². The molecule has 0 aliphatic carbocycles. The zero-order chi connectivity index (χ0) is 19.7. The molecule has 2 N–H and O–H groups in total. The molecule has 1 heterocycles. The first-order valence-electron chi connectivity index (χ1n) is 7.64. The van der Waals surface area contributed by atoms with Gasteiger partial charge >= 0.3 is 0 Å². The second-order valence-corrected chi connectivity index (χ2v) is 7.06. The molecule has 0 spiro atoms. The molecule has 0 saturated carbocycles. The minimum absolute atomic E-state index is 0.0455. The fourth-order valence-electron chi connectivity index (χ4n) is 2.33. The van der Waals surface area contributed by atoms with Crippen LogP contribution >= 0.6 is 22.9 Å². The fourth-order valence-corrected chi connectivity index (χ4v) is 3.45. The summed E-state index contributed by atoms with van der Waals surface area (Å²) in [5, 5.41) is 12.6. The van der Waals surface area contributed by atoms with Crippen molar-refractivity contribution in [3.63, 3.8) is 0 Å². The van der Waals surface area contributed by atoms with Crippen molar-refractivity contribution in [1.29, 1.82) is 0 Å². The number of carbonyl (C=O) groups excluding carboxylic acids is 1.